The Morgan fingerprint density at radius 1 is 0.455 bits per heavy atom. The molecule has 0 saturated heterocycles. The fourth-order valence-electron chi connectivity index (χ4n) is 0.494. The molecule has 0 aromatic rings. The number of carbonyl (C=O) groups is 4. The van der Waals surface area contributed by atoms with Crippen LogP contribution < -0.4 is 40.9 Å². The molecule has 0 rings (SSSR count). The summed E-state index contributed by atoms with van der Waals surface area (Å²) in [6.07, 6.45) is -11.2. The van der Waals surface area contributed by atoms with Gasteiger partial charge in [0.2, 0.25) is 0 Å². The molecule has 4 radical (unpaired) electrons. The summed E-state index contributed by atoms with van der Waals surface area (Å²) in [5.41, 5.74) is 0. The van der Waals surface area contributed by atoms with Crippen LogP contribution in [0.15, 0.2) is 0 Å². The predicted molar refractivity (Wildman–Crippen MR) is 46.7 cm³/mol. The van der Waals surface area contributed by atoms with Crippen molar-refractivity contribution in [3.05, 3.63) is 0 Å². The fraction of sp³-hybridized carbons (Fsp3) is 0.500. The van der Waals surface area contributed by atoms with E-state index < -0.39 is 48.3 Å². The predicted octanol–water partition coefficient (Wildman–Crippen LogP) is -12.9. The first-order chi connectivity index (χ1) is 8.93. The topological polar surface area (TPSA) is 253 Å². The SMILES string of the molecule is O=C([O-])[C@@H]([O-])[C@@H]([O-])C(=O)[O-].O=C([O-])[C@@H]([O-])[C@@H]([O-])C(=O)[O-].[Te+4].[Te+4]. The van der Waals surface area contributed by atoms with Crippen LogP contribution in [0.25, 0.3) is 0 Å². The summed E-state index contributed by atoms with van der Waals surface area (Å²) in [7, 11) is 0. The van der Waals surface area contributed by atoms with E-state index in [1.807, 2.05) is 0 Å². The van der Waals surface area contributed by atoms with Gasteiger partial charge >= 0.3 is 47.3 Å². The van der Waals surface area contributed by atoms with Gasteiger partial charge in [0.15, 0.2) is 0 Å². The number of carboxylic acids is 4. The summed E-state index contributed by atoms with van der Waals surface area (Å²) < 4.78 is 0. The zero-order chi connectivity index (χ0) is 16.6. The van der Waals surface area contributed by atoms with E-state index in [4.69, 9.17) is 0 Å². The van der Waals surface area contributed by atoms with Gasteiger partial charge in [0, 0.05) is 23.9 Å². The van der Waals surface area contributed by atoms with Crippen LogP contribution in [-0.4, -0.2) is 95.6 Å². The van der Waals surface area contributed by atoms with Crippen molar-refractivity contribution in [3.63, 3.8) is 0 Å². The van der Waals surface area contributed by atoms with Crippen LogP contribution in [0, 0.1) is 0 Å². The molecular weight excluding hydrogens is 543 g/mol. The minimum Gasteiger partial charge on any atom is -0.848 e. The van der Waals surface area contributed by atoms with E-state index in [2.05, 4.69) is 0 Å². The molecule has 14 heteroatoms. The van der Waals surface area contributed by atoms with E-state index in [1.165, 1.54) is 0 Å². The normalized spacial score (nSPS) is 14.4. The van der Waals surface area contributed by atoms with E-state index in [0.717, 1.165) is 0 Å². The minimum absolute atomic E-state index is 0. The second-order valence-electron chi connectivity index (χ2n) is 2.96. The first-order valence-electron chi connectivity index (χ1n) is 4.40. The second-order valence-corrected chi connectivity index (χ2v) is 2.96. The first kappa shape index (κ1) is 29.3. The molecule has 0 bridgehead atoms. The molecule has 0 fully saturated rings. The maximum atomic E-state index is 9.97. The molecular formula is C8H4O12Te2. The molecule has 0 aliphatic heterocycles. The molecule has 0 aromatic carbocycles. The Bertz CT molecular complexity index is 313. The van der Waals surface area contributed by atoms with Crippen LogP contribution in [0.1, 0.15) is 0 Å². The molecule has 0 amide bonds. The molecule has 22 heavy (non-hydrogen) atoms. The Morgan fingerprint density at radius 3 is 0.591 bits per heavy atom. The van der Waals surface area contributed by atoms with Crippen molar-refractivity contribution in [1.82, 2.24) is 0 Å². The van der Waals surface area contributed by atoms with Gasteiger partial charge in [0.05, 0.1) is 0 Å². The molecule has 0 aliphatic rings. The van der Waals surface area contributed by atoms with E-state index in [9.17, 15) is 60.0 Å². The maximum Gasteiger partial charge on any atom is 4.00 e. The van der Waals surface area contributed by atoms with Gasteiger partial charge in [-0.05, 0) is 0 Å². The Balaban J connectivity index is -0.000000135. The average molecular weight is 547 g/mol. The van der Waals surface area contributed by atoms with Crippen molar-refractivity contribution in [1.29, 1.82) is 0 Å². The van der Waals surface area contributed by atoms with Gasteiger partial charge in [-0.15, -0.1) is 0 Å². The molecule has 4 atom stereocenters. The van der Waals surface area contributed by atoms with Gasteiger partial charge in [-0.3, -0.25) is 0 Å². The smallest absolute Gasteiger partial charge is 0.848 e. The van der Waals surface area contributed by atoms with E-state index in [1.54, 1.807) is 0 Å². The van der Waals surface area contributed by atoms with Crippen LogP contribution in [0.5, 0.6) is 0 Å². The van der Waals surface area contributed by atoms with Crippen LogP contribution in [0.4, 0.5) is 0 Å². The van der Waals surface area contributed by atoms with Crippen molar-refractivity contribution in [2.75, 3.05) is 0 Å². The average Bonchev–Trinajstić information content (AvgIpc) is 2.35. The summed E-state index contributed by atoms with van der Waals surface area (Å²) in [5, 5.41) is 78.0. The summed E-state index contributed by atoms with van der Waals surface area (Å²) >= 11 is 0. The molecule has 0 spiro atoms. The van der Waals surface area contributed by atoms with Crippen LogP contribution in [0.2, 0.25) is 0 Å². The van der Waals surface area contributed by atoms with Crippen LogP contribution in [0.3, 0.4) is 0 Å². The van der Waals surface area contributed by atoms with Gasteiger partial charge in [0.1, 0.15) is 0 Å². The monoisotopic (exact) mass is 552 g/mol. The fourth-order valence-corrected chi connectivity index (χ4v) is 0.494. The number of hydrogen-bond acceptors (Lipinski definition) is 12. The Labute approximate surface area is 155 Å². The zero-order valence-electron chi connectivity index (χ0n) is 10.0. The van der Waals surface area contributed by atoms with Crippen LogP contribution in [-0.2, 0) is 19.2 Å². The second kappa shape index (κ2) is 13.9. The van der Waals surface area contributed by atoms with Crippen molar-refractivity contribution in [2.45, 2.75) is 24.4 Å². The third-order valence-corrected chi connectivity index (χ3v) is 1.48. The van der Waals surface area contributed by atoms with Crippen molar-refractivity contribution < 1.29 is 60.0 Å². The molecule has 0 saturated carbocycles. The quantitative estimate of drug-likeness (QED) is 0.281. The molecule has 12 nitrogen and oxygen atoms in total. The third kappa shape index (κ3) is 11.9. The molecule has 120 valence electrons. The van der Waals surface area contributed by atoms with Gasteiger partial charge < -0.3 is 60.0 Å². The largest absolute Gasteiger partial charge is 4.00 e. The minimum atomic E-state index is -2.80. The van der Waals surface area contributed by atoms with Crippen molar-refractivity contribution >= 4 is 71.2 Å². The summed E-state index contributed by atoms with van der Waals surface area (Å²) in [6, 6.07) is 0. The van der Waals surface area contributed by atoms with Gasteiger partial charge in [0.25, 0.3) is 0 Å². The number of rotatable bonds is 6. The number of aliphatic carboxylic acids is 4. The van der Waals surface area contributed by atoms with Crippen molar-refractivity contribution in [3.8, 4) is 0 Å². The Hall–Kier alpha value is -0.701. The molecule has 0 heterocycles. The molecule has 0 aromatic heterocycles. The van der Waals surface area contributed by atoms with E-state index in [0.29, 0.717) is 0 Å². The first-order valence-corrected chi connectivity index (χ1v) is 4.40. The maximum absolute atomic E-state index is 9.97. The Morgan fingerprint density at radius 2 is 0.545 bits per heavy atom. The van der Waals surface area contributed by atoms with E-state index >= 15 is 0 Å². The number of carboxylic acid groups (broad SMARTS) is 4. The van der Waals surface area contributed by atoms with Gasteiger partial charge in [-0.25, -0.2) is 0 Å². The Kier molecular flexibility index (Phi) is 18.6. The third-order valence-electron chi connectivity index (χ3n) is 1.48. The van der Waals surface area contributed by atoms with Crippen molar-refractivity contribution in [2.24, 2.45) is 0 Å². The summed E-state index contributed by atoms with van der Waals surface area (Å²) in [5.74, 6) is -8.93. The van der Waals surface area contributed by atoms with Gasteiger partial charge in [-0.2, -0.15) is 0 Å². The number of carbonyl (C=O) groups excluding carboxylic acids is 4. The molecule has 0 N–H and O–H groups in total. The summed E-state index contributed by atoms with van der Waals surface area (Å²) in [6.45, 7) is 0. The zero-order valence-corrected chi connectivity index (χ0v) is 14.7. The standard InChI is InChI=1S/2C4H4O6.2Te/c2*5-1(3(7)8)2(6)4(9)10;;/h2*1-2H,(H,7,8)(H,9,10);;/q2*-2;2*+4/p-4/t2*1-,2+;;. The molecule has 0 aliphatic carbocycles. The van der Waals surface area contributed by atoms with Crippen LogP contribution >= 0.6 is 0 Å². The number of hydrogen-bond donors (Lipinski definition) is 0. The van der Waals surface area contributed by atoms with Gasteiger partial charge in [-0.1, -0.05) is 24.4 Å². The molecule has 0 unspecified atom stereocenters. The van der Waals surface area contributed by atoms with E-state index in [-0.39, 0.29) is 47.3 Å². The summed E-state index contributed by atoms with van der Waals surface area (Å²) in [4.78, 5) is 38.1.